The first-order chi connectivity index (χ1) is 8.61. The number of rotatable bonds is 6. The van der Waals surface area contributed by atoms with Crippen LogP contribution in [0.15, 0.2) is 12.2 Å². The summed E-state index contributed by atoms with van der Waals surface area (Å²) in [6, 6.07) is 0. The van der Waals surface area contributed by atoms with Crippen LogP contribution < -0.4 is 0 Å². The van der Waals surface area contributed by atoms with E-state index < -0.39 is 0 Å². The lowest BCUT2D eigenvalue weighted by Gasteiger charge is -2.32. The highest BCUT2D eigenvalue weighted by Crippen LogP contribution is 2.17. The molecule has 0 aromatic carbocycles. The highest BCUT2D eigenvalue weighted by atomic mass is 16.5. The monoisotopic (exact) mass is 254 g/mol. The molecule has 1 rings (SSSR count). The topological polar surface area (TPSA) is 32.8 Å². The molecule has 0 aromatic heterocycles. The summed E-state index contributed by atoms with van der Waals surface area (Å²) in [6.45, 7) is 6.57. The molecular formula is C14H26N2O2. The predicted octanol–water partition coefficient (Wildman–Crippen LogP) is 1.38. The van der Waals surface area contributed by atoms with E-state index in [-0.39, 0.29) is 5.97 Å². The van der Waals surface area contributed by atoms with Gasteiger partial charge in [0.05, 0.1) is 6.61 Å². The van der Waals surface area contributed by atoms with Gasteiger partial charge in [-0.15, -0.1) is 0 Å². The molecule has 0 N–H and O–H groups in total. The van der Waals surface area contributed by atoms with Crippen LogP contribution >= 0.6 is 0 Å². The fraction of sp³-hybridized carbons (Fsp3) is 0.786. The van der Waals surface area contributed by atoms with Gasteiger partial charge in [0, 0.05) is 19.2 Å². The van der Waals surface area contributed by atoms with Gasteiger partial charge in [-0.05, 0) is 52.9 Å². The Morgan fingerprint density at radius 1 is 1.39 bits per heavy atom. The lowest BCUT2D eigenvalue weighted by molar-refractivity contribution is -0.137. The van der Waals surface area contributed by atoms with Crippen LogP contribution in [-0.4, -0.2) is 62.7 Å². The number of hydrogen-bond acceptors (Lipinski definition) is 4. The third kappa shape index (κ3) is 6.17. The van der Waals surface area contributed by atoms with Crippen LogP contribution in [-0.2, 0) is 9.53 Å². The van der Waals surface area contributed by atoms with Gasteiger partial charge in [-0.25, -0.2) is 4.79 Å². The first kappa shape index (κ1) is 15.2. The summed E-state index contributed by atoms with van der Waals surface area (Å²) in [7, 11) is 4.27. The average molecular weight is 254 g/mol. The summed E-state index contributed by atoms with van der Waals surface area (Å²) in [5.41, 5.74) is 0. The largest absolute Gasteiger partial charge is 0.463 e. The van der Waals surface area contributed by atoms with Crippen LogP contribution in [0.2, 0.25) is 0 Å². The fourth-order valence-corrected chi connectivity index (χ4v) is 2.36. The molecule has 0 aromatic rings. The van der Waals surface area contributed by atoms with Gasteiger partial charge in [0.2, 0.25) is 0 Å². The van der Waals surface area contributed by atoms with E-state index in [1.165, 1.54) is 25.5 Å². The molecule has 1 heterocycles. The van der Waals surface area contributed by atoms with Gasteiger partial charge in [-0.2, -0.15) is 0 Å². The van der Waals surface area contributed by atoms with E-state index in [1.54, 1.807) is 0 Å². The lowest BCUT2D eigenvalue weighted by Crippen LogP contribution is -2.37. The Morgan fingerprint density at radius 2 is 2.06 bits per heavy atom. The number of ether oxygens (including phenoxy) is 1. The molecule has 0 spiro atoms. The SMILES string of the molecule is CCOC(=O)/C=C/CN1CCC(CN(C)C)CC1. The summed E-state index contributed by atoms with van der Waals surface area (Å²) in [4.78, 5) is 15.8. The first-order valence-corrected chi connectivity index (χ1v) is 6.82. The van der Waals surface area contributed by atoms with Crippen LogP contribution in [0.5, 0.6) is 0 Å². The normalized spacial score (nSPS) is 18.7. The number of likely N-dealkylation sites (tertiary alicyclic amines) is 1. The van der Waals surface area contributed by atoms with Crippen LogP contribution in [0.3, 0.4) is 0 Å². The molecule has 4 heteroatoms. The van der Waals surface area contributed by atoms with E-state index in [9.17, 15) is 4.79 Å². The molecule has 0 unspecified atom stereocenters. The molecule has 0 radical (unpaired) electrons. The van der Waals surface area contributed by atoms with Crippen molar-refractivity contribution in [2.24, 2.45) is 5.92 Å². The standard InChI is InChI=1S/C14H26N2O2/c1-4-18-14(17)6-5-9-16-10-7-13(8-11-16)12-15(2)3/h5-6,13H,4,7-12H2,1-3H3/b6-5+. The van der Waals surface area contributed by atoms with Crippen LogP contribution in [0.4, 0.5) is 0 Å². The van der Waals surface area contributed by atoms with E-state index in [2.05, 4.69) is 23.9 Å². The number of hydrogen-bond donors (Lipinski definition) is 0. The van der Waals surface area contributed by atoms with Gasteiger partial charge >= 0.3 is 5.97 Å². The van der Waals surface area contributed by atoms with Gasteiger partial charge in [0.15, 0.2) is 0 Å². The van der Waals surface area contributed by atoms with Crippen molar-refractivity contribution in [1.82, 2.24) is 9.80 Å². The Balaban J connectivity index is 2.17. The Hall–Kier alpha value is -0.870. The number of esters is 1. The minimum Gasteiger partial charge on any atom is -0.463 e. The van der Waals surface area contributed by atoms with Crippen LogP contribution in [0.1, 0.15) is 19.8 Å². The van der Waals surface area contributed by atoms with E-state index in [0.717, 1.165) is 25.6 Å². The van der Waals surface area contributed by atoms with Crippen molar-refractivity contribution >= 4 is 5.97 Å². The maximum Gasteiger partial charge on any atom is 0.330 e. The number of piperidine rings is 1. The van der Waals surface area contributed by atoms with E-state index in [4.69, 9.17) is 4.74 Å². The van der Waals surface area contributed by atoms with Crippen molar-refractivity contribution in [2.45, 2.75) is 19.8 Å². The van der Waals surface area contributed by atoms with Crippen LogP contribution in [0.25, 0.3) is 0 Å². The van der Waals surface area contributed by atoms with Crippen molar-refractivity contribution in [3.05, 3.63) is 12.2 Å². The smallest absolute Gasteiger partial charge is 0.330 e. The molecule has 4 nitrogen and oxygen atoms in total. The highest BCUT2D eigenvalue weighted by molar-refractivity contribution is 5.81. The Bertz CT molecular complexity index is 269. The average Bonchev–Trinajstić information content (AvgIpc) is 2.31. The van der Waals surface area contributed by atoms with Crippen molar-refractivity contribution in [1.29, 1.82) is 0 Å². The zero-order valence-corrected chi connectivity index (χ0v) is 11.9. The minimum atomic E-state index is -0.236. The molecule has 0 atom stereocenters. The summed E-state index contributed by atoms with van der Waals surface area (Å²) >= 11 is 0. The molecule has 1 aliphatic rings. The van der Waals surface area contributed by atoms with Gasteiger partial charge < -0.3 is 9.64 Å². The third-order valence-corrected chi connectivity index (χ3v) is 3.23. The van der Waals surface area contributed by atoms with Crippen LogP contribution in [0, 0.1) is 5.92 Å². The maximum absolute atomic E-state index is 11.1. The van der Waals surface area contributed by atoms with Gasteiger partial charge in [0.25, 0.3) is 0 Å². The zero-order chi connectivity index (χ0) is 13.4. The Kier molecular flexibility index (Phi) is 6.98. The molecule has 18 heavy (non-hydrogen) atoms. The first-order valence-electron chi connectivity index (χ1n) is 6.82. The molecule has 1 aliphatic heterocycles. The number of carbonyl (C=O) groups is 1. The Morgan fingerprint density at radius 3 is 2.61 bits per heavy atom. The van der Waals surface area contributed by atoms with E-state index >= 15 is 0 Å². The molecule has 0 amide bonds. The lowest BCUT2D eigenvalue weighted by atomic mass is 9.96. The maximum atomic E-state index is 11.1. The number of carbonyl (C=O) groups excluding carboxylic acids is 1. The molecule has 0 saturated carbocycles. The summed E-state index contributed by atoms with van der Waals surface area (Å²) < 4.78 is 4.84. The predicted molar refractivity (Wildman–Crippen MR) is 73.5 cm³/mol. The molecular weight excluding hydrogens is 228 g/mol. The summed E-state index contributed by atoms with van der Waals surface area (Å²) in [6.07, 6.45) is 5.95. The molecule has 0 bridgehead atoms. The van der Waals surface area contributed by atoms with Gasteiger partial charge in [-0.3, -0.25) is 4.90 Å². The van der Waals surface area contributed by atoms with Crippen molar-refractivity contribution < 1.29 is 9.53 Å². The molecule has 1 fully saturated rings. The van der Waals surface area contributed by atoms with E-state index in [1.807, 2.05) is 13.0 Å². The summed E-state index contributed by atoms with van der Waals surface area (Å²) in [5, 5.41) is 0. The second kappa shape index (κ2) is 8.27. The zero-order valence-electron chi connectivity index (χ0n) is 11.9. The molecule has 0 aliphatic carbocycles. The minimum absolute atomic E-state index is 0.236. The number of nitrogens with zero attached hydrogens (tertiary/aromatic N) is 2. The molecule has 104 valence electrons. The molecule has 1 saturated heterocycles. The second-order valence-electron chi connectivity index (χ2n) is 5.16. The van der Waals surface area contributed by atoms with Gasteiger partial charge in [-0.1, -0.05) is 6.08 Å². The van der Waals surface area contributed by atoms with E-state index in [0.29, 0.717) is 6.61 Å². The summed E-state index contributed by atoms with van der Waals surface area (Å²) in [5.74, 6) is 0.588. The fourth-order valence-electron chi connectivity index (χ4n) is 2.36. The van der Waals surface area contributed by atoms with Crippen molar-refractivity contribution in [3.63, 3.8) is 0 Å². The third-order valence-electron chi connectivity index (χ3n) is 3.23. The highest BCUT2D eigenvalue weighted by Gasteiger charge is 2.18. The van der Waals surface area contributed by atoms with Gasteiger partial charge in [0.1, 0.15) is 0 Å². The quantitative estimate of drug-likeness (QED) is 0.529. The van der Waals surface area contributed by atoms with Crippen molar-refractivity contribution in [2.75, 3.05) is 46.9 Å². The Labute approximate surface area is 111 Å². The second-order valence-corrected chi connectivity index (χ2v) is 5.16. The van der Waals surface area contributed by atoms with Crippen molar-refractivity contribution in [3.8, 4) is 0 Å².